The zero-order valence-corrected chi connectivity index (χ0v) is 6.66. The van der Waals surface area contributed by atoms with Crippen LogP contribution < -0.4 is 0 Å². The van der Waals surface area contributed by atoms with Crippen molar-refractivity contribution in [3.05, 3.63) is 11.8 Å². The molecule has 0 heterocycles. The number of alkyl halides is 6. The van der Waals surface area contributed by atoms with Gasteiger partial charge in [0.1, 0.15) is 0 Å². The van der Waals surface area contributed by atoms with Gasteiger partial charge < -0.3 is 4.74 Å². The Hall–Kier alpha value is -1.21. The van der Waals surface area contributed by atoms with Gasteiger partial charge in [-0.1, -0.05) is 0 Å². The van der Waals surface area contributed by atoms with Crippen molar-refractivity contribution in [3.8, 4) is 0 Å². The average Bonchev–Trinajstić information content (AvgIpc) is 1.95. The minimum atomic E-state index is -5.44. The number of rotatable bonds is 1. The van der Waals surface area contributed by atoms with Crippen molar-refractivity contribution in [3.63, 3.8) is 0 Å². The van der Waals surface area contributed by atoms with E-state index in [4.69, 9.17) is 0 Å². The molecule has 0 spiro atoms. The molecule has 0 N–H and O–H groups in total. The number of carbonyl (C=O) groups is 1. The lowest BCUT2D eigenvalue weighted by Crippen LogP contribution is -2.28. The lowest BCUT2D eigenvalue weighted by Gasteiger charge is -2.12. The molecule has 0 aliphatic rings. The fourth-order valence-corrected chi connectivity index (χ4v) is 0.438. The summed E-state index contributed by atoms with van der Waals surface area (Å²) in [6.07, 6.45) is -10.3. The smallest absolute Gasteiger partial charge is 0.415 e. The van der Waals surface area contributed by atoms with Gasteiger partial charge in [-0.3, -0.25) is 0 Å². The van der Waals surface area contributed by atoms with Gasteiger partial charge in [-0.2, -0.15) is 26.3 Å². The van der Waals surface area contributed by atoms with E-state index in [2.05, 4.69) is 4.74 Å². The average molecular weight is 222 g/mol. The number of hydrogen-bond acceptors (Lipinski definition) is 2. The first kappa shape index (κ1) is 12.8. The minimum absolute atomic E-state index is 0.226. The summed E-state index contributed by atoms with van der Waals surface area (Å²) in [5.74, 6) is -4.89. The third-order valence-corrected chi connectivity index (χ3v) is 0.976. The van der Waals surface area contributed by atoms with Gasteiger partial charge in [0.25, 0.3) is 0 Å². The summed E-state index contributed by atoms with van der Waals surface area (Å²) < 4.78 is 72.8. The molecule has 82 valence electrons. The van der Waals surface area contributed by atoms with Gasteiger partial charge in [-0.05, 0) is 13.0 Å². The Morgan fingerprint density at radius 1 is 1.07 bits per heavy atom. The van der Waals surface area contributed by atoms with Gasteiger partial charge in [0.05, 0.1) is 0 Å². The van der Waals surface area contributed by atoms with Crippen LogP contribution in [0, 0.1) is 0 Å². The van der Waals surface area contributed by atoms with Crippen molar-refractivity contribution in [2.24, 2.45) is 0 Å². The van der Waals surface area contributed by atoms with Crippen LogP contribution in [-0.2, 0) is 9.53 Å². The van der Waals surface area contributed by atoms with E-state index in [-0.39, 0.29) is 6.08 Å². The Balaban J connectivity index is 4.61. The van der Waals surface area contributed by atoms with Gasteiger partial charge in [0, 0.05) is 0 Å². The van der Waals surface area contributed by atoms with Crippen molar-refractivity contribution < 1.29 is 35.9 Å². The van der Waals surface area contributed by atoms with E-state index < -0.39 is 24.1 Å². The number of halogens is 6. The Morgan fingerprint density at radius 2 is 1.50 bits per heavy atom. The van der Waals surface area contributed by atoms with Crippen LogP contribution in [0.4, 0.5) is 26.3 Å². The monoisotopic (exact) mass is 222 g/mol. The SMILES string of the molecule is C/C=C(\OC(=O)C(F)(F)F)C(F)(F)F. The normalized spacial score (nSPS) is 14.1. The van der Waals surface area contributed by atoms with E-state index in [1.165, 1.54) is 0 Å². The third-order valence-electron chi connectivity index (χ3n) is 0.976. The molecule has 0 atom stereocenters. The predicted octanol–water partition coefficient (Wildman–Crippen LogP) is 2.56. The number of hydrogen-bond donors (Lipinski definition) is 0. The van der Waals surface area contributed by atoms with Crippen molar-refractivity contribution in [1.82, 2.24) is 0 Å². The quantitative estimate of drug-likeness (QED) is 0.387. The van der Waals surface area contributed by atoms with Crippen molar-refractivity contribution >= 4 is 5.97 Å². The largest absolute Gasteiger partial charge is 0.491 e. The zero-order chi connectivity index (χ0) is 11.6. The second-order valence-electron chi connectivity index (χ2n) is 2.04. The molecule has 2 nitrogen and oxygen atoms in total. The van der Waals surface area contributed by atoms with Crippen LogP contribution in [0.5, 0.6) is 0 Å². The van der Waals surface area contributed by atoms with Crippen molar-refractivity contribution in [1.29, 1.82) is 0 Å². The maximum absolute atomic E-state index is 11.8. The van der Waals surface area contributed by atoms with Crippen molar-refractivity contribution in [2.45, 2.75) is 19.3 Å². The minimum Gasteiger partial charge on any atom is -0.415 e. The van der Waals surface area contributed by atoms with E-state index in [1.807, 2.05) is 0 Å². The van der Waals surface area contributed by atoms with Crippen LogP contribution in [0.3, 0.4) is 0 Å². The van der Waals surface area contributed by atoms with Crippen LogP contribution in [0.25, 0.3) is 0 Å². The molecule has 0 aromatic rings. The molecular formula is C6H4F6O2. The molecule has 0 aliphatic heterocycles. The molecule has 0 aliphatic carbocycles. The predicted molar refractivity (Wildman–Crippen MR) is 32.0 cm³/mol. The molecule has 0 saturated carbocycles. The Labute approximate surface area is 74.1 Å². The fraction of sp³-hybridized carbons (Fsp3) is 0.500. The van der Waals surface area contributed by atoms with Crippen LogP contribution >= 0.6 is 0 Å². The first-order chi connectivity index (χ1) is 6.09. The lowest BCUT2D eigenvalue weighted by molar-refractivity contribution is -0.205. The van der Waals surface area contributed by atoms with Crippen molar-refractivity contribution in [2.75, 3.05) is 0 Å². The molecular weight excluding hydrogens is 218 g/mol. The number of esters is 1. The first-order valence-electron chi connectivity index (χ1n) is 3.11. The summed E-state index contributed by atoms with van der Waals surface area (Å²) >= 11 is 0. The van der Waals surface area contributed by atoms with Gasteiger partial charge in [0.2, 0.25) is 5.76 Å². The van der Waals surface area contributed by atoms with Crippen LogP contribution in [0.1, 0.15) is 6.92 Å². The summed E-state index contributed by atoms with van der Waals surface area (Å²) in [7, 11) is 0. The summed E-state index contributed by atoms with van der Waals surface area (Å²) in [5.41, 5.74) is 0. The molecule has 8 heteroatoms. The molecule has 0 aromatic carbocycles. The molecule has 14 heavy (non-hydrogen) atoms. The lowest BCUT2D eigenvalue weighted by atomic mass is 10.4. The number of carbonyl (C=O) groups excluding carboxylic acids is 1. The number of allylic oxidation sites excluding steroid dienone is 2. The summed E-state index contributed by atoms with van der Waals surface area (Å²) in [6, 6.07) is 0. The van der Waals surface area contributed by atoms with E-state index in [1.54, 1.807) is 0 Å². The molecule has 0 saturated heterocycles. The van der Waals surface area contributed by atoms with E-state index >= 15 is 0 Å². The highest BCUT2D eigenvalue weighted by Crippen LogP contribution is 2.28. The summed E-state index contributed by atoms with van der Waals surface area (Å²) in [4.78, 5) is 9.99. The fourth-order valence-electron chi connectivity index (χ4n) is 0.438. The molecule has 0 bridgehead atoms. The van der Waals surface area contributed by atoms with Crippen LogP contribution in [-0.4, -0.2) is 18.3 Å². The highest BCUT2D eigenvalue weighted by Gasteiger charge is 2.46. The standard InChI is InChI=1S/C6H4F6O2/c1-2-3(5(7,8)9)14-4(13)6(10,11)12/h2H,1H3/b3-2-. The second kappa shape index (κ2) is 3.89. The maximum Gasteiger partial charge on any atom is 0.491 e. The highest BCUT2D eigenvalue weighted by atomic mass is 19.4. The maximum atomic E-state index is 11.8. The van der Waals surface area contributed by atoms with E-state index in [9.17, 15) is 31.1 Å². The van der Waals surface area contributed by atoms with Gasteiger partial charge >= 0.3 is 18.3 Å². The summed E-state index contributed by atoms with van der Waals surface area (Å²) in [5, 5.41) is 0. The molecule has 0 rings (SSSR count). The van der Waals surface area contributed by atoms with Gasteiger partial charge in [0.15, 0.2) is 0 Å². The molecule has 0 radical (unpaired) electrons. The summed E-state index contributed by atoms with van der Waals surface area (Å²) in [6.45, 7) is 0.798. The van der Waals surface area contributed by atoms with E-state index in [0.29, 0.717) is 0 Å². The molecule has 0 aromatic heterocycles. The Morgan fingerprint density at radius 3 is 1.71 bits per heavy atom. The first-order valence-corrected chi connectivity index (χ1v) is 3.11. The Bertz CT molecular complexity index is 248. The van der Waals surface area contributed by atoms with Gasteiger partial charge in [-0.25, -0.2) is 4.79 Å². The van der Waals surface area contributed by atoms with Crippen LogP contribution in [0.2, 0.25) is 0 Å². The zero-order valence-electron chi connectivity index (χ0n) is 6.66. The molecule has 0 amide bonds. The van der Waals surface area contributed by atoms with Gasteiger partial charge in [-0.15, -0.1) is 0 Å². The Kier molecular flexibility index (Phi) is 3.55. The molecule has 0 fully saturated rings. The molecule has 0 unspecified atom stereocenters. The second-order valence-corrected chi connectivity index (χ2v) is 2.04. The van der Waals surface area contributed by atoms with Crippen LogP contribution in [0.15, 0.2) is 11.8 Å². The topological polar surface area (TPSA) is 26.3 Å². The highest BCUT2D eigenvalue weighted by molar-refractivity contribution is 5.76. The number of ether oxygens (including phenoxy) is 1. The third kappa shape index (κ3) is 3.67. The van der Waals surface area contributed by atoms with E-state index in [0.717, 1.165) is 6.92 Å².